The summed E-state index contributed by atoms with van der Waals surface area (Å²) < 4.78 is 6.50. The number of carbonyl (C=O) groups excluding carboxylic acids is 1. The van der Waals surface area contributed by atoms with Crippen LogP contribution in [0.4, 0.5) is 0 Å². The predicted molar refractivity (Wildman–Crippen MR) is 115 cm³/mol. The van der Waals surface area contributed by atoms with Crippen LogP contribution in [-0.2, 0) is 11.3 Å². The van der Waals surface area contributed by atoms with Crippen LogP contribution in [0.2, 0.25) is 5.02 Å². The van der Waals surface area contributed by atoms with Crippen molar-refractivity contribution in [3.63, 3.8) is 0 Å². The lowest BCUT2D eigenvalue weighted by atomic mass is 10.0. The number of benzene rings is 2. The Labute approximate surface area is 172 Å². The molecule has 1 unspecified atom stereocenters. The Bertz CT molecular complexity index is 999. The average Bonchev–Trinajstić information content (AvgIpc) is 2.91. The summed E-state index contributed by atoms with van der Waals surface area (Å²) >= 11 is 13.0. The van der Waals surface area contributed by atoms with Gasteiger partial charge >= 0.3 is 0 Å². The summed E-state index contributed by atoms with van der Waals surface area (Å²) in [6.45, 7) is 2.35. The number of amides is 1. The lowest BCUT2D eigenvalue weighted by molar-refractivity contribution is -0.122. The predicted octanol–water partition coefficient (Wildman–Crippen LogP) is 5.45. The highest BCUT2D eigenvalue weighted by Gasteiger charge is 2.33. The third-order valence-electron chi connectivity index (χ3n) is 4.47. The smallest absolute Gasteiger partial charge is 0.266 e. The van der Waals surface area contributed by atoms with Crippen molar-refractivity contribution < 1.29 is 9.53 Å². The third-order valence-corrected chi connectivity index (χ3v) is 6.22. The Hall–Kier alpha value is -2.08. The van der Waals surface area contributed by atoms with Gasteiger partial charge in [0, 0.05) is 10.6 Å². The Morgan fingerprint density at radius 3 is 2.78 bits per heavy atom. The molecule has 1 saturated heterocycles. The van der Waals surface area contributed by atoms with Crippen LogP contribution in [0.5, 0.6) is 5.75 Å². The van der Waals surface area contributed by atoms with Crippen LogP contribution >= 0.6 is 35.6 Å². The molecule has 0 spiro atoms. The summed E-state index contributed by atoms with van der Waals surface area (Å²) in [6.07, 6.45) is 3.81. The zero-order chi connectivity index (χ0) is 19.0. The van der Waals surface area contributed by atoms with Gasteiger partial charge in [-0.25, -0.2) is 0 Å². The van der Waals surface area contributed by atoms with Gasteiger partial charge in [0.15, 0.2) is 0 Å². The minimum Gasteiger partial charge on any atom is -0.485 e. The Kier molecular flexibility index (Phi) is 5.08. The number of hydrogen-bond acceptors (Lipinski definition) is 4. The van der Waals surface area contributed by atoms with Crippen LogP contribution in [0.25, 0.3) is 6.08 Å². The fraction of sp³-hybridized carbons (Fsp3) is 0.143. The van der Waals surface area contributed by atoms with Gasteiger partial charge in [-0.15, -0.1) is 0 Å². The first-order valence-corrected chi connectivity index (χ1v) is 10.1. The number of fused-ring (bicyclic) bond motifs is 1. The molecule has 1 atom stereocenters. The number of thiocarbonyl (C=S) groups is 1. The fourth-order valence-electron chi connectivity index (χ4n) is 3.01. The minimum absolute atomic E-state index is 0.100. The molecule has 2 aliphatic rings. The number of thioether (sulfide) groups is 1. The van der Waals surface area contributed by atoms with E-state index in [9.17, 15) is 4.79 Å². The maximum absolute atomic E-state index is 12.9. The highest BCUT2D eigenvalue weighted by molar-refractivity contribution is 8.26. The molecule has 2 aliphatic heterocycles. The lowest BCUT2D eigenvalue weighted by Crippen LogP contribution is -2.27. The first-order valence-electron chi connectivity index (χ1n) is 8.49. The van der Waals surface area contributed by atoms with Crippen molar-refractivity contribution in [3.05, 3.63) is 81.2 Å². The molecule has 2 heterocycles. The summed E-state index contributed by atoms with van der Waals surface area (Å²) in [4.78, 5) is 15.1. The van der Waals surface area contributed by atoms with Crippen molar-refractivity contribution in [2.75, 3.05) is 0 Å². The number of ether oxygens (including phenoxy) is 1. The van der Waals surface area contributed by atoms with E-state index in [4.69, 9.17) is 28.6 Å². The Morgan fingerprint density at radius 2 is 1.96 bits per heavy atom. The average molecular weight is 414 g/mol. The van der Waals surface area contributed by atoms with Crippen molar-refractivity contribution in [3.8, 4) is 5.75 Å². The van der Waals surface area contributed by atoms with Gasteiger partial charge in [0.25, 0.3) is 5.91 Å². The molecule has 0 bridgehead atoms. The van der Waals surface area contributed by atoms with Crippen LogP contribution < -0.4 is 4.74 Å². The first kappa shape index (κ1) is 18.3. The Morgan fingerprint density at radius 1 is 1.22 bits per heavy atom. The molecule has 1 amide bonds. The van der Waals surface area contributed by atoms with E-state index in [1.54, 1.807) is 4.90 Å². The van der Waals surface area contributed by atoms with E-state index in [0.29, 0.717) is 20.8 Å². The summed E-state index contributed by atoms with van der Waals surface area (Å²) in [5, 5.41) is 0.629. The normalized spacial score (nSPS) is 20.5. The molecule has 0 saturated carbocycles. The molecule has 0 aromatic heterocycles. The Balaban J connectivity index is 1.60. The molecule has 0 radical (unpaired) electrons. The molecule has 2 aromatic rings. The zero-order valence-corrected chi connectivity index (χ0v) is 16.9. The van der Waals surface area contributed by atoms with E-state index in [2.05, 4.69) is 6.08 Å². The van der Waals surface area contributed by atoms with E-state index in [1.165, 1.54) is 11.8 Å². The summed E-state index contributed by atoms with van der Waals surface area (Å²) in [7, 11) is 0. The number of rotatable bonds is 3. The standard InChI is InChI=1S/C21H16ClNO2S2/c1-13-16(10-14-6-3-5-9-18(14)25-13)11-19-20(24)23(21(26)27-19)12-15-7-2-4-8-17(15)22/h2-11,13H,12H2,1H3/b19-11-. The molecule has 4 rings (SSSR count). The summed E-state index contributed by atoms with van der Waals surface area (Å²) in [5.41, 5.74) is 2.83. The van der Waals surface area contributed by atoms with Crippen molar-refractivity contribution in [1.29, 1.82) is 0 Å². The van der Waals surface area contributed by atoms with Crippen LogP contribution in [0.1, 0.15) is 18.1 Å². The van der Waals surface area contributed by atoms with Gasteiger partial charge in [0.05, 0.1) is 11.4 Å². The van der Waals surface area contributed by atoms with E-state index in [-0.39, 0.29) is 12.0 Å². The molecular weight excluding hydrogens is 398 g/mol. The van der Waals surface area contributed by atoms with Gasteiger partial charge in [0.1, 0.15) is 16.2 Å². The van der Waals surface area contributed by atoms with Gasteiger partial charge in [-0.3, -0.25) is 9.69 Å². The third kappa shape index (κ3) is 3.68. The van der Waals surface area contributed by atoms with E-state index < -0.39 is 0 Å². The van der Waals surface area contributed by atoms with Gasteiger partial charge in [-0.2, -0.15) is 0 Å². The summed E-state index contributed by atoms with van der Waals surface area (Å²) in [5.74, 6) is 0.755. The molecule has 2 aromatic carbocycles. The second-order valence-electron chi connectivity index (χ2n) is 6.30. The molecule has 136 valence electrons. The topological polar surface area (TPSA) is 29.5 Å². The maximum atomic E-state index is 12.9. The highest BCUT2D eigenvalue weighted by atomic mass is 35.5. The van der Waals surface area contributed by atoms with Crippen molar-refractivity contribution in [2.45, 2.75) is 19.6 Å². The molecule has 1 fully saturated rings. The van der Waals surface area contributed by atoms with Crippen LogP contribution in [-0.4, -0.2) is 21.2 Å². The molecule has 6 heteroatoms. The number of hydrogen-bond donors (Lipinski definition) is 0. The van der Waals surface area contributed by atoms with Crippen molar-refractivity contribution in [2.24, 2.45) is 0 Å². The number of halogens is 1. The van der Waals surface area contributed by atoms with Gasteiger partial charge < -0.3 is 4.74 Å². The van der Waals surface area contributed by atoms with Gasteiger partial charge in [0.2, 0.25) is 0 Å². The summed E-state index contributed by atoms with van der Waals surface area (Å²) in [6, 6.07) is 15.3. The highest BCUT2D eigenvalue weighted by Crippen LogP contribution is 2.36. The molecular formula is C21H16ClNO2S2. The minimum atomic E-state index is -0.132. The second-order valence-corrected chi connectivity index (χ2v) is 8.38. The zero-order valence-electron chi connectivity index (χ0n) is 14.5. The number of para-hydroxylation sites is 1. The SMILES string of the molecule is CC1Oc2ccccc2C=C1/C=C1\SC(=S)N(Cc2ccccc2Cl)C1=O. The second kappa shape index (κ2) is 7.50. The van der Waals surface area contributed by atoms with Crippen LogP contribution in [0, 0.1) is 0 Å². The monoisotopic (exact) mass is 413 g/mol. The number of carbonyl (C=O) groups is 1. The number of nitrogens with zero attached hydrogens (tertiary/aromatic N) is 1. The van der Waals surface area contributed by atoms with Gasteiger partial charge in [-0.1, -0.05) is 72.0 Å². The maximum Gasteiger partial charge on any atom is 0.266 e. The largest absolute Gasteiger partial charge is 0.485 e. The van der Waals surface area contributed by atoms with Crippen molar-refractivity contribution >= 4 is 51.9 Å². The molecule has 3 nitrogen and oxygen atoms in total. The van der Waals surface area contributed by atoms with E-state index in [1.807, 2.05) is 61.5 Å². The van der Waals surface area contributed by atoms with Crippen molar-refractivity contribution in [1.82, 2.24) is 4.90 Å². The first-order chi connectivity index (χ1) is 13.0. The lowest BCUT2D eigenvalue weighted by Gasteiger charge is -2.23. The van der Waals surface area contributed by atoms with Crippen LogP contribution in [0.15, 0.2) is 65.1 Å². The van der Waals surface area contributed by atoms with E-state index in [0.717, 1.165) is 22.4 Å². The molecule has 27 heavy (non-hydrogen) atoms. The molecule has 0 N–H and O–H groups in total. The quantitative estimate of drug-likeness (QED) is 0.494. The fourth-order valence-corrected chi connectivity index (χ4v) is 4.46. The molecule has 0 aliphatic carbocycles. The van der Waals surface area contributed by atoms with E-state index >= 15 is 0 Å². The van der Waals surface area contributed by atoms with Crippen LogP contribution in [0.3, 0.4) is 0 Å². The van der Waals surface area contributed by atoms with Gasteiger partial charge in [-0.05, 0) is 42.3 Å².